The molecule has 23 heavy (non-hydrogen) atoms. The molecule has 0 fully saturated rings. The summed E-state index contributed by atoms with van der Waals surface area (Å²) in [5.41, 5.74) is 0.940. The number of carbonyl (C=O) groups excluding carboxylic acids is 1. The summed E-state index contributed by atoms with van der Waals surface area (Å²) in [7, 11) is 0. The fourth-order valence-corrected chi connectivity index (χ4v) is 2.59. The van der Waals surface area contributed by atoms with Gasteiger partial charge in [0.15, 0.2) is 0 Å². The summed E-state index contributed by atoms with van der Waals surface area (Å²) in [6, 6.07) is 3.96. The van der Waals surface area contributed by atoms with E-state index in [1.54, 1.807) is 27.0 Å². The van der Waals surface area contributed by atoms with Crippen molar-refractivity contribution in [2.24, 2.45) is 0 Å². The molecule has 0 unspecified atom stereocenters. The zero-order valence-corrected chi connectivity index (χ0v) is 14.1. The highest BCUT2D eigenvalue weighted by Gasteiger charge is 2.17. The van der Waals surface area contributed by atoms with Crippen LogP contribution in [0.3, 0.4) is 0 Å². The number of aromatic amines is 1. The third kappa shape index (κ3) is 5.39. The fraction of sp³-hybridized carbons (Fsp3) is 0.400. The van der Waals surface area contributed by atoms with Crippen molar-refractivity contribution in [1.29, 1.82) is 5.26 Å². The summed E-state index contributed by atoms with van der Waals surface area (Å²) in [4.78, 5) is 12.9. The monoisotopic (exact) mass is 333 g/mol. The third-order valence-electron chi connectivity index (χ3n) is 2.74. The molecule has 0 saturated heterocycles. The average molecular weight is 333 g/mol. The van der Waals surface area contributed by atoms with Gasteiger partial charge in [-0.15, -0.1) is 11.3 Å². The maximum absolute atomic E-state index is 11.8. The van der Waals surface area contributed by atoms with Crippen molar-refractivity contribution >= 4 is 23.2 Å². The standard InChI is InChI=1S/C15H19N5O2S/c1-15(2,3)22-14(21)19-13-11(7-18-20-13)6-17-8-12-4-10(5-16)9-23-12/h4,7,9,17H,6,8H2,1-3H3,(H2,18,19,20,21). The largest absolute Gasteiger partial charge is 0.444 e. The number of H-pyrrole nitrogens is 1. The zero-order valence-electron chi connectivity index (χ0n) is 13.3. The maximum atomic E-state index is 11.8. The molecule has 122 valence electrons. The number of nitriles is 1. The Labute approximate surface area is 138 Å². The zero-order chi connectivity index (χ0) is 16.9. The molecular weight excluding hydrogens is 314 g/mol. The number of ether oxygens (including phenoxy) is 1. The van der Waals surface area contributed by atoms with Crippen LogP contribution < -0.4 is 10.6 Å². The van der Waals surface area contributed by atoms with Crippen molar-refractivity contribution in [3.63, 3.8) is 0 Å². The van der Waals surface area contributed by atoms with E-state index in [2.05, 4.69) is 26.9 Å². The van der Waals surface area contributed by atoms with E-state index < -0.39 is 11.7 Å². The predicted molar refractivity (Wildman–Crippen MR) is 88.0 cm³/mol. The number of rotatable bonds is 5. The molecule has 2 rings (SSSR count). The van der Waals surface area contributed by atoms with Gasteiger partial charge < -0.3 is 10.1 Å². The number of anilines is 1. The minimum Gasteiger partial charge on any atom is -0.444 e. The first-order chi connectivity index (χ1) is 10.9. The lowest BCUT2D eigenvalue weighted by atomic mass is 10.2. The highest BCUT2D eigenvalue weighted by Crippen LogP contribution is 2.16. The quantitative estimate of drug-likeness (QED) is 0.780. The molecule has 0 saturated carbocycles. The number of hydrogen-bond donors (Lipinski definition) is 3. The molecule has 8 heteroatoms. The summed E-state index contributed by atoms with van der Waals surface area (Å²) >= 11 is 1.53. The van der Waals surface area contributed by atoms with Crippen LogP contribution >= 0.6 is 11.3 Å². The van der Waals surface area contributed by atoms with Crippen LogP contribution in [0.5, 0.6) is 0 Å². The highest BCUT2D eigenvalue weighted by molar-refractivity contribution is 7.10. The molecule has 0 aromatic carbocycles. The van der Waals surface area contributed by atoms with Crippen LogP contribution in [0.2, 0.25) is 0 Å². The molecular formula is C15H19N5O2S. The lowest BCUT2D eigenvalue weighted by Gasteiger charge is -2.19. The van der Waals surface area contributed by atoms with Crippen molar-refractivity contribution in [3.05, 3.63) is 33.6 Å². The second kappa shape index (κ2) is 7.26. The Bertz CT molecular complexity index is 708. The molecule has 7 nitrogen and oxygen atoms in total. The fourth-order valence-electron chi connectivity index (χ4n) is 1.81. The molecule has 2 aromatic rings. The van der Waals surface area contributed by atoms with E-state index in [0.29, 0.717) is 24.5 Å². The van der Waals surface area contributed by atoms with Crippen molar-refractivity contribution in [1.82, 2.24) is 15.5 Å². The van der Waals surface area contributed by atoms with Crippen LogP contribution in [0.4, 0.5) is 10.6 Å². The Morgan fingerprint density at radius 2 is 2.26 bits per heavy atom. The van der Waals surface area contributed by atoms with Gasteiger partial charge in [-0.2, -0.15) is 10.4 Å². The van der Waals surface area contributed by atoms with Crippen LogP contribution in [-0.2, 0) is 17.8 Å². The summed E-state index contributed by atoms with van der Waals surface area (Å²) in [6.45, 7) is 6.58. The van der Waals surface area contributed by atoms with Gasteiger partial charge in [-0.25, -0.2) is 4.79 Å². The minimum absolute atomic E-state index is 0.510. The van der Waals surface area contributed by atoms with E-state index in [0.717, 1.165) is 10.4 Å². The van der Waals surface area contributed by atoms with E-state index in [4.69, 9.17) is 10.00 Å². The molecule has 0 bridgehead atoms. The van der Waals surface area contributed by atoms with Crippen molar-refractivity contribution in [2.75, 3.05) is 5.32 Å². The van der Waals surface area contributed by atoms with Gasteiger partial charge in [0.2, 0.25) is 0 Å². The lowest BCUT2D eigenvalue weighted by Crippen LogP contribution is -2.27. The third-order valence-corrected chi connectivity index (χ3v) is 3.68. The Hall–Kier alpha value is -2.37. The molecule has 3 N–H and O–H groups in total. The number of thiophene rings is 1. The molecule has 0 spiro atoms. The Morgan fingerprint density at radius 1 is 1.48 bits per heavy atom. The van der Waals surface area contributed by atoms with Gasteiger partial charge in [0.1, 0.15) is 17.5 Å². The van der Waals surface area contributed by atoms with E-state index in [1.165, 1.54) is 11.3 Å². The normalized spacial score (nSPS) is 11.0. The first kappa shape index (κ1) is 17.0. The predicted octanol–water partition coefficient (Wildman–Crippen LogP) is 2.98. The number of aromatic nitrogens is 2. The van der Waals surface area contributed by atoms with E-state index >= 15 is 0 Å². The molecule has 2 heterocycles. The minimum atomic E-state index is -0.555. The summed E-state index contributed by atoms with van der Waals surface area (Å²) in [5, 5.41) is 23.2. The van der Waals surface area contributed by atoms with Gasteiger partial charge in [-0.05, 0) is 26.8 Å². The first-order valence-corrected chi connectivity index (χ1v) is 7.96. The molecule has 2 aromatic heterocycles. The van der Waals surface area contributed by atoms with Gasteiger partial charge in [0.25, 0.3) is 0 Å². The Kier molecular flexibility index (Phi) is 5.36. The van der Waals surface area contributed by atoms with Crippen LogP contribution in [0.25, 0.3) is 0 Å². The van der Waals surface area contributed by atoms with Gasteiger partial charge >= 0.3 is 6.09 Å². The van der Waals surface area contributed by atoms with Gasteiger partial charge in [-0.1, -0.05) is 0 Å². The smallest absolute Gasteiger partial charge is 0.413 e. The maximum Gasteiger partial charge on any atom is 0.413 e. The van der Waals surface area contributed by atoms with E-state index in [9.17, 15) is 4.79 Å². The van der Waals surface area contributed by atoms with Crippen LogP contribution in [-0.4, -0.2) is 21.9 Å². The van der Waals surface area contributed by atoms with Crippen LogP contribution in [0.15, 0.2) is 17.6 Å². The second-order valence-electron chi connectivity index (χ2n) is 5.91. The Balaban J connectivity index is 1.86. The summed E-state index contributed by atoms with van der Waals surface area (Å²) in [5.74, 6) is 0.510. The van der Waals surface area contributed by atoms with E-state index in [-0.39, 0.29) is 0 Å². The number of nitrogens with one attached hydrogen (secondary N) is 3. The molecule has 1 amide bonds. The molecule has 0 atom stereocenters. The summed E-state index contributed by atoms with van der Waals surface area (Å²) < 4.78 is 5.21. The number of carbonyl (C=O) groups is 1. The SMILES string of the molecule is CC(C)(C)OC(=O)Nc1[nH]ncc1CNCc1cc(C#N)cs1. The van der Waals surface area contributed by atoms with Gasteiger partial charge in [0, 0.05) is 28.9 Å². The molecule has 0 aliphatic rings. The van der Waals surface area contributed by atoms with Gasteiger partial charge in [0.05, 0.1) is 11.8 Å². The van der Waals surface area contributed by atoms with Crippen molar-refractivity contribution in [2.45, 2.75) is 39.5 Å². The van der Waals surface area contributed by atoms with E-state index in [1.807, 2.05) is 11.4 Å². The lowest BCUT2D eigenvalue weighted by molar-refractivity contribution is 0.0635. The number of amides is 1. The molecule has 0 aliphatic carbocycles. The van der Waals surface area contributed by atoms with Crippen molar-refractivity contribution < 1.29 is 9.53 Å². The van der Waals surface area contributed by atoms with Gasteiger partial charge in [-0.3, -0.25) is 10.4 Å². The molecule has 0 aliphatic heterocycles. The second-order valence-corrected chi connectivity index (χ2v) is 6.91. The highest BCUT2D eigenvalue weighted by atomic mass is 32.1. The first-order valence-electron chi connectivity index (χ1n) is 7.08. The number of nitrogens with zero attached hydrogens (tertiary/aromatic N) is 2. The summed E-state index contributed by atoms with van der Waals surface area (Å²) in [6.07, 6.45) is 1.12. The van der Waals surface area contributed by atoms with Crippen LogP contribution in [0, 0.1) is 11.3 Å². The topological polar surface area (TPSA) is 103 Å². The average Bonchev–Trinajstić information content (AvgIpc) is 3.06. The number of hydrogen-bond acceptors (Lipinski definition) is 6. The van der Waals surface area contributed by atoms with Crippen molar-refractivity contribution in [3.8, 4) is 6.07 Å². The molecule has 0 radical (unpaired) electrons. The van der Waals surface area contributed by atoms with Crippen LogP contribution in [0.1, 0.15) is 36.8 Å². The Morgan fingerprint density at radius 3 is 2.91 bits per heavy atom.